The number of hydrogen-bond acceptors (Lipinski definition) is 5. The number of nitrogens with one attached hydrogen (secondary N) is 2. The Morgan fingerprint density at radius 1 is 1.13 bits per heavy atom. The van der Waals surface area contributed by atoms with Gasteiger partial charge in [0.25, 0.3) is 0 Å². The van der Waals surface area contributed by atoms with E-state index in [4.69, 9.17) is 4.74 Å². The lowest BCUT2D eigenvalue weighted by Gasteiger charge is -2.14. The number of alkyl halides is 3. The summed E-state index contributed by atoms with van der Waals surface area (Å²) in [6, 6.07) is 5.67. The maximum Gasteiger partial charge on any atom is 0.573 e. The zero-order valence-corrected chi connectivity index (χ0v) is 17.8. The minimum atomic E-state index is -4.70. The zero-order valence-electron chi connectivity index (χ0n) is 17.8. The Bertz CT molecular complexity index is 793. The number of rotatable bonds is 12. The Morgan fingerprint density at radius 3 is 2.55 bits per heavy atom. The van der Waals surface area contributed by atoms with E-state index in [1.165, 1.54) is 12.1 Å². The number of benzene rings is 1. The third kappa shape index (κ3) is 9.69. The summed E-state index contributed by atoms with van der Waals surface area (Å²) in [5.74, 6) is 1.26. The van der Waals surface area contributed by atoms with Crippen molar-refractivity contribution in [3.8, 4) is 5.75 Å². The summed E-state index contributed by atoms with van der Waals surface area (Å²) in [7, 11) is 0. The highest BCUT2D eigenvalue weighted by molar-refractivity contribution is 5.79. The molecule has 0 atom stereocenters. The fourth-order valence-electron chi connectivity index (χ4n) is 2.70. The van der Waals surface area contributed by atoms with Crippen LogP contribution in [0.5, 0.6) is 5.75 Å². The number of ether oxygens (including phenoxy) is 2. The first-order valence-electron chi connectivity index (χ1n) is 10.2. The van der Waals surface area contributed by atoms with Gasteiger partial charge in [0.15, 0.2) is 5.96 Å². The summed E-state index contributed by atoms with van der Waals surface area (Å²) in [5, 5.41) is 14.5. The van der Waals surface area contributed by atoms with Crippen LogP contribution in [0.1, 0.15) is 31.7 Å². The molecule has 0 amide bonds. The van der Waals surface area contributed by atoms with Crippen LogP contribution in [0.25, 0.3) is 0 Å². The molecule has 0 aliphatic heterocycles. The van der Waals surface area contributed by atoms with Crippen molar-refractivity contribution in [3.05, 3.63) is 42.0 Å². The summed E-state index contributed by atoms with van der Waals surface area (Å²) >= 11 is 0. The molecule has 11 heteroatoms. The van der Waals surface area contributed by atoms with Crippen LogP contribution in [0.15, 0.2) is 35.6 Å². The van der Waals surface area contributed by atoms with Crippen LogP contribution in [-0.2, 0) is 24.2 Å². The Morgan fingerprint density at radius 2 is 1.87 bits per heavy atom. The van der Waals surface area contributed by atoms with Crippen LogP contribution >= 0.6 is 0 Å². The van der Waals surface area contributed by atoms with Gasteiger partial charge < -0.3 is 24.7 Å². The molecule has 0 unspecified atom stereocenters. The minimum Gasteiger partial charge on any atom is -0.406 e. The molecular formula is C20H29F3N6O2. The summed E-state index contributed by atoms with van der Waals surface area (Å²) in [6.07, 6.45) is -1.39. The molecule has 2 rings (SSSR count). The van der Waals surface area contributed by atoms with Gasteiger partial charge in [-0.2, -0.15) is 0 Å². The fourth-order valence-corrected chi connectivity index (χ4v) is 2.70. The quantitative estimate of drug-likeness (QED) is 0.299. The van der Waals surface area contributed by atoms with Gasteiger partial charge >= 0.3 is 6.36 Å². The molecule has 1 heterocycles. The molecule has 0 saturated carbocycles. The molecular weight excluding hydrogens is 413 g/mol. The second kappa shape index (κ2) is 12.8. The largest absolute Gasteiger partial charge is 0.573 e. The molecule has 8 nitrogen and oxygen atoms in total. The van der Waals surface area contributed by atoms with E-state index in [0.717, 1.165) is 24.2 Å². The van der Waals surface area contributed by atoms with Crippen LogP contribution in [0.4, 0.5) is 13.2 Å². The Hall–Kier alpha value is -2.82. The van der Waals surface area contributed by atoms with Gasteiger partial charge in [0, 0.05) is 39.3 Å². The number of guanidine groups is 1. The first kappa shape index (κ1) is 24.4. The molecule has 0 aliphatic rings. The Labute approximate surface area is 179 Å². The highest BCUT2D eigenvalue weighted by atomic mass is 19.4. The number of aliphatic imine (C=N–C) groups is 1. The predicted octanol–water partition coefficient (Wildman–Crippen LogP) is 2.90. The highest BCUT2D eigenvalue weighted by Crippen LogP contribution is 2.22. The van der Waals surface area contributed by atoms with Gasteiger partial charge in [0.2, 0.25) is 0 Å². The summed E-state index contributed by atoms with van der Waals surface area (Å²) < 4.78 is 48.0. The average Bonchev–Trinajstić information content (AvgIpc) is 3.19. The SMILES string of the molecule is CCOCCCNC(=NCc1ccc(OC(F)(F)F)cc1)NCCn1cnnc1CC. The lowest BCUT2D eigenvalue weighted by atomic mass is 10.2. The van der Waals surface area contributed by atoms with Crippen LogP contribution in [0, 0.1) is 0 Å². The highest BCUT2D eigenvalue weighted by Gasteiger charge is 2.30. The van der Waals surface area contributed by atoms with Crippen molar-refractivity contribution in [2.24, 2.45) is 4.99 Å². The van der Waals surface area contributed by atoms with E-state index in [-0.39, 0.29) is 5.75 Å². The van der Waals surface area contributed by atoms with Gasteiger partial charge in [0.1, 0.15) is 17.9 Å². The maximum absolute atomic E-state index is 12.3. The van der Waals surface area contributed by atoms with Gasteiger partial charge in [-0.25, -0.2) is 4.99 Å². The summed E-state index contributed by atoms with van der Waals surface area (Å²) in [6.45, 7) is 7.56. The van der Waals surface area contributed by atoms with Crippen molar-refractivity contribution < 1.29 is 22.6 Å². The van der Waals surface area contributed by atoms with Gasteiger partial charge in [-0.15, -0.1) is 23.4 Å². The molecule has 2 N–H and O–H groups in total. The normalized spacial score (nSPS) is 12.1. The predicted molar refractivity (Wildman–Crippen MR) is 111 cm³/mol. The van der Waals surface area contributed by atoms with Gasteiger partial charge in [-0.1, -0.05) is 19.1 Å². The molecule has 0 bridgehead atoms. The smallest absolute Gasteiger partial charge is 0.406 e. The van der Waals surface area contributed by atoms with E-state index >= 15 is 0 Å². The van der Waals surface area contributed by atoms with Gasteiger partial charge in [0.05, 0.1) is 6.54 Å². The van der Waals surface area contributed by atoms with Crippen molar-refractivity contribution >= 4 is 5.96 Å². The Kier molecular flexibility index (Phi) is 10.1. The topological polar surface area (TPSA) is 85.6 Å². The molecule has 0 radical (unpaired) electrons. The average molecular weight is 442 g/mol. The lowest BCUT2D eigenvalue weighted by molar-refractivity contribution is -0.274. The van der Waals surface area contributed by atoms with Gasteiger partial charge in [-0.05, 0) is 31.0 Å². The maximum atomic E-state index is 12.3. The standard InChI is InChI=1S/C20H29F3N6O2/c1-3-18-28-27-15-29(18)12-11-25-19(24-10-5-13-30-4-2)26-14-16-6-8-17(9-7-16)31-20(21,22)23/h6-9,15H,3-5,10-14H2,1-2H3,(H2,24,25,26). The zero-order chi connectivity index (χ0) is 22.5. The number of hydrogen-bond donors (Lipinski definition) is 2. The summed E-state index contributed by atoms with van der Waals surface area (Å²) in [4.78, 5) is 4.53. The Balaban J connectivity index is 1.91. The second-order valence-corrected chi connectivity index (χ2v) is 6.55. The van der Waals surface area contributed by atoms with E-state index < -0.39 is 6.36 Å². The molecule has 1 aromatic heterocycles. The van der Waals surface area contributed by atoms with Crippen LogP contribution < -0.4 is 15.4 Å². The van der Waals surface area contributed by atoms with Gasteiger partial charge in [-0.3, -0.25) is 0 Å². The van der Waals surface area contributed by atoms with E-state index in [9.17, 15) is 13.2 Å². The van der Waals surface area contributed by atoms with Crippen molar-refractivity contribution in [1.29, 1.82) is 0 Å². The third-order valence-electron chi connectivity index (χ3n) is 4.20. The third-order valence-corrected chi connectivity index (χ3v) is 4.20. The first-order valence-corrected chi connectivity index (χ1v) is 10.2. The monoisotopic (exact) mass is 442 g/mol. The van der Waals surface area contributed by atoms with E-state index in [1.54, 1.807) is 18.5 Å². The van der Waals surface area contributed by atoms with Crippen molar-refractivity contribution in [2.75, 3.05) is 26.3 Å². The van der Waals surface area contributed by atoms with E-state index in [2.05, 4.69) is 30.6 Å². The first-order chi connectivity index (χ1) is 14.9. The van der Waals surface area contributed by atoms with E-state index in [1.807, 2.05) is 18.4 Å². The van der Waals surface area contributed by atoms with Crippen LogP contribution in [0.2, 0.25) is 0 Å². The second-order valence-electron chi connectivity index (χ2n) is 6.55. The number of halogens is 3. The number of aromatic nitrogens is 3. The van der Waals surface area contributed by atoms with Crippen LogP contribution in [-0.4, -0.2) is 53.4 Å². The van der Waals surface area contributed by atoms with E-state index in [0.29, 0.717) is 45.4 Å². The number of aryl methyl sites for hydroxylation is 1. The fraction of sp³-hybridized carbons (Fsp3) is 0.550. The summed E-state index contributed by atoms with van der Waals surface area (Å²) in [5.41, 5.74) is 0.761. The molecule has 0 aliphatic carbocycles. The molecule has 0 spiro atoms. The minimum absolute atomic E-state index is 0.256. The molecule has 0 saturated heterocycles. The molecule has 1 aromatic carbocycles. The number of nitrogens with zero attached hydrogens (tertiary/aromatic N) is 4. The molecule has 172 valence electrons. The van der Waals surface area contributed by atoms with Crippen molar-refractivity contribution in [2.45, 2.75) is 46.1 Å². The van der Waals surface area contributed by atoms with Crippen molar-refractivity contribution in [3.63, 3.8) is 0 Å². The van der Waals surface area contributed by atoms with Crippen molar-refractivity contribution in [1.82, 2.24) is 25.4 Å². The van der Waals surface area contributed by atoms with Crippen LogP contribution in [0.3, 0.4) is 0 Å². The lowest BCUT2D eigenvalue weighted by Crippen LogP contribution is -2.39. The molecule has 31 heavy (non-hydrogen) atoms. The molecule has 2 aromatic rings. The molecule has 0 fully saturated rings.